The second-order valence-electron chi connectivity index (χ2n) is 17.1. The van der Waals surface area contributed by atoms with Gasteiger partial charge in [0, 0.05) is 64.4 Å². The van der Waals surface area contributed by atoms with Crippen LogP contribution in [0.25, 0.3) is 66.8 Å². The maximum Gasteiger partial charge on any atom is 0.323 e. The largest absolute Gasteiger partial charge is 0.481 e. The fraction of sp³-hybridized carbons (Fsp3) is 0.151. The SMILES string of the molecule is COc1ccc(NC(=O)Nc2c[nH]c3nc(-c4ccccc4)c(-c4cc(Cl)nc(Cc5cccc(-c6nc7[nH]c(NC(=O)NC8CCCC8)cc(=O)c7cc6-c6cc(C)nc(Cl)c6)c5)c4)cc3c2=O)cn1. The third-order valence-corrected chi connectivity index (χ3v) is 12.5. The van der Waals surface area contributed by atoms with E-state index in [0.717, 1.165) is 42.4 Å². The number of H-pyrrole nitrogens is 2. The molecule has 1 fully saturated rings. The van der Waals surface area contributed by atoms with Crippen LogP contribution in [0.4, 0.5) is 26.8 Å². The summed E-state index contributed by atoms with van der Waals surface area (Å²) in [5.74, 6) is 0.601. The average Bonchev–Trinajstić information content (AvgIpc) is 3.87. The zero-order valence-electron chi connectivity index (χ0n) is 38.2. The highest BCUT2D eigenvalue weighted by molar-refractivity contribution is 6.30. The zero-order valence-corrected chi connectivity index (χ0v) is 39.7. The number of hydrogen-bond donors (Lipinski definition) is 6. The van der Waals surface area contributed by atoms with Gasteiger partial charge in [0.25, 0.3) is 0 Å². The van der Waals surface area contributed by atoms with Gasteiger partial charge in [0.05, 0.1) is 41.2 Å². The zero-order chi connectivity index (χ0) is 49.2. The van der Waals surface area contributed by atoms with E-state index in [0.29, 0.717) is 74.1 Å². The third kappa shape index (κ3) is 10.3. The fourth-order valence-electron chi connectivity index (χ4n) is 8.85. The van der Waals surface area contributed by atoms with E-state index in [-0.39, 0.29) is 44.3 Å². The number of methoxy groups -OCH3 is 1. The summed E-state index contributed by atoms with van der Waals surface area (Å²) in [5.41, 5.74) is 7.66. The van der Waals surface area contributed by atoms with Gasteiger partial charge in [-0.25, -0.2) is 34.5 Å². The van der Waals surface area contributed by atoms with Crippen molar-refractivity contribution in [3.63, 3.8) is 0 Å². The molecule has 0 spiro atoms. The number of ether oxygens (including phenoxy) is 1. The van der Waals surface area contributed by atoms with E-state index in [1.165, 1.54) is 25.6 Å². The number of benzene rings is 2. The van der Waals surface area contributed by atoms with Crippen molar-refractivity contribution in [2.75, 3.05) is 23.1 Å². The molecule has 18 heteroatoms. The predicted octanol–water partition coefficient (Wildman–Crippen LogP) is 10.9. The van der Waals surface area contributed by atoms with Crippen LogP contribution < -0.4 is 36.9 Å². The van der Waals surface area contributed by atoms with E-state index in [9.17, 15) is 19.2 Å². The maximum absolute atomic E-state index is 14.1. The lowest BCUT2D eigenvalue weighted by atomic mass is 9.95. The van der Waals surface area contributed by atoms with Crippen LogP contribution in [0.2, 0.25) is 10.3 Å². The highest BCUT2D eigenvalue weighted by atomic mass is 35.5. The monoisotopic (exact) mass is 983 g/mol. The number of aromatic nitrogens is 7. The molecule has 6 N–H and O–H groups in total. The van der Waals surface area contributed by atoms with E-state index >= 15 is 0 Å². The first-order chi connectivity index (χ1) is 34.4. The number of anilines is 3. The van der Waals surface area contributed by atoms with Crippen LogP contribution in [0, 0.1) is 6.92 Å². The molecule has 0 bridgehead atoms. The summed E-state index contributed by atoms with van der Waals surface area (Å²) in [6.45, 7) is 1.84. The molecule has 0 unspecified atom stereocenters. The topological polar surface area (TPSA) is 222 Å². The van der Waals surface area contributed by atoms with Crippen LogP contribution >= 0.6 is 23.2 Å². The number of carbonyl (C=O) groups excluding carboxylic acids is 2. The molecule has 0 radical (unpaired) electrons. The number of hydrogen-bond acceptors (Lipinski definition) is 10. The van der Waals surface area contributed by atoms with Gasteiger partial charge >= 0.3 is 12.1 Å². The number of pyridine rings is 7. The Morgan fingerprint density at radius 1 is 0.704 bits per heavy atom. The van der Waals surface area contributed by atoms with Gasteiger partial charge in [0.1, 0.15) is 33.1 Å². The molecule has 0 atom stereocenters. The van der Waals surface area contributed by atoms with Crippen molar-refractivity contribution in [2.45, 2.75) is 45.1 Å². The third-order valence-electron chi connectivity index (χ3n) is 12.1. The number of halogens is 2. The number of nitrogens with zero attached hydrogens (tertiary/aromatic N) is 5. The minimum atomic E-state index is -0.646. The molecule has 4 amide bonds. The molecule has 7 aromatic heterocycles. The van der Waals surface area contributed by atoms with E-state index in [2.05, 4.69) is 41.2 Å². The Morgan fingerprint density at radius 2 is 1.42 bits per heavy atom. The molecule has 1 aliphatic carbocycles. The van der Waals surface area contributed by atoms with Crippen LogP contribution in [-0.2, 0) is 6.42 Å². The van der Waals surface area contributed by atoms with Gasteiger partial charge in [-0.2, -0.15) is 0 Å². The van der Waals surface area contributed by atoms with Gasteiger partial charge < -0.3 is 30.7 Å². The Hall–Kier alpha value is -8.47. The first kappa shape index (κ1) is 46.3. The van der Waals surface area contributed by atoms with Gasteiger partial charge in [0.2, 0.25) is 11.3 Å². The number of urea groups is 2. The molecular formula is C53H43Cl2N11O5. The number of fused-ring (bicyclic) bond motifs is 2. The molecule has 16 nitrogen and oxygen atoms in total. The highest BCUT2D eigenvalue weighted by Gasteiger charge is 2.21. The van der Waals surface area contributed by atoms with Crippen molar-refractivity contribution in [1.29, 1.82) is 0 Å². The van der Waals surface area contributed by atoms with Crippen LogP contribution in [0.3, 0.4) is 0 Å². The van der Waals surface area contributed by atoms with E-state index in [1.807, 2.05) is 73.7 Å². The summed E-state index contributed by atoms with van der Waals surface area (Å²) in [4.78, 5) is 83.2. The Bertz CT molecular complexity index is 3640. The number of aryl methyl sites for hydroxylation is 1. The first-order valence-corrected chi connectivity index (χ1v) is 23.4. The molecule has 2 aromatic carbocycles. The van der Waals surface area contributed by atoms with Gasteiger partial charge in [-0.15, -0.1) is 0 Å². The lowest BCUT2D eigenvalue weighted by Gasteiger charge is -2.15. The molecule has 354 valence electrons. The quantitative estimate of drug-likeness (QED) is 0.0673. The van der Waals surface area contributed by atoms with Gasteiger partial charge in [0.15, 0.2) is 5.43 Å². The van der Waals surface area contributed by atoms with Crippen LogP contribution in [0.5, 0.6) is 5.88 Å². The van der Waals surface area contributed by atoms with Crippen molar-refractivity contribution < 1.29 is 14.3 Å². The summed E-state index contributed by atoms with van der Waals surface area (Å²) in [6, 6.07) is 31.8. The first-order valence-electron chi connectivity index (χ1n) is 22.7. The molecular weight excluding hydrogens is 942 g/mol. The smallest absolute Gasteiger partial charge is 0.323 e. The normalized spacial score (nSPS) is 12.5. The minimum Gasteiger partial charge on any atom is -0.481 e. The summed E-state index contributed by atoms with van der Waals surface area (Å²) in [7, 11) is 1.49. The van der Waals surface area contributed by atoms with Crippen LogP contribution in [-0.4, -0.2) is 60.1 Å². The number of rotatable bonds is 11. The maximum atomic E-state index is 14.1. The number of amides is 4. The second kappa shape index (κ2) is 19.9. The molecule has 0 aliphatic heterocycles. The summed E-state index contributed by atoms with van der Waals surface area (Å²) < 4.78 is 5.10. The Morgan fingerprint density at radius 3 is 2.17 bits per heavy atom. The highest BCUT2D eigenvalue weighted by Crippen LogP contribution is 2.37. The van der Waals surface area contributed by atoms with Gasteiger partial charge in [-0.3, -0.25) is 14.9 Å². The number of nitrogens with one attached hydrogen (secondary N) is 6. The Labute approximate surface area is 415 Å². The van der Waals surface area contributed by atoms with E-state index in [1.54, 1.807) is 36.4 Å². The van der Waals surface area contributed by atoms with Crippen molar-refractivity contribution >= 4 is 74.5 Å². The molecule has 1 saturated carbocycles. The minimum absolute atomic E-state index is 0.00153. The van der Waals surface area contributed by atoms with Crippen molar-refractivity contribution in [1.82, 2.24) is 40.2 Å². The molecule has 1 aliphatic rings. The second-order valence-corrected chi connectivity index (χ2v) is 17.9. The predicted molar refractivity (Wildman–Crippen MR) is 277 cm³/mol. The van der Waals surface area contributed by atoms with E-state index in [4.69, 9.17) is 42.9 Å². The standard InChI is InChI=1S/C53H43Cl2N11O5/c1-28-17-32(21-43(54)58-28)37-23-39-42(67)25-45(64-53(70)60-34-13-6-7-14-34)63-51(39)66-48(37)31-12-8-9-29(18-31)19-36-20-33(22-44(55)59-36)38-24-40-49(68)41(62-52(69)61-35-15-16-46(71-2)56-26-35)27-57-50(40)65-47(38)30-10-4-3-5-11-30/h3-5,8-12,15-18,20-27,34H,6-7,13-14,19H2,1-2H3,(H,57,65,68)(H2,61,62,69)(H3,60,63,64,66,67,70). The van der Waals surface area contributed by atoms with Gasteiger partial charge in [-0.05, 0) is 85.0 Å². The molecule has 9 aromatic rings. The molecule has 7 heterocycles. The van der Waals surface area contributed by atoms with Crippen molar-refractivity contribution in [3.05, 3.63) is 169 Å². The Kier molecular flexibility index (Phi) is 12.9. The number of carbonyl (C=O) groups is 2. The average molecular weight is 985 g/mol. The summed E-state index contributed by atoms with van der Waals surface area (Å²) in [5, 5.41) is 12.1. The Balaban J connectivity index is 1.00. The molecule has 0 saturated heterocycles. The fourth-order valence-corrected chi connectivity index (χ4v) is 9.32. The van der Waals surface area contributed by atoms with Crippen LogP contribution in [0.1, 0.15) is 42.6 Å². The van der Waals surface area contributed by atoms with Crippen molar-refractivity contribution in [3.8, 4) is 50.6 Å². The lowest BCUT2D eigenvalue weighted by Crippen LogP contribution is -2.36. The molecule has 10 rings (SSSR count). The van der Waals surface area contributed by atoms with Crippen molar-refractivity contribution in [2.24, 2.45) is 0 Å². The summed E-state index contributed by atoms with van der Waals surface area (Å²) >= 11 is 13.3. The number of aromatic amines is 2. The summed E-state index contributed by atoms with van der Waals surface area (Å²) in [6.07, 6.45) is 7.12. The lowest BCUT2D eigenvalue weighted by molar-refractivity contribution is 0.248. The van der Waals surface area contributed by atoms with Crippen LogP contribution in [0.15, 0.2) is 131 Å². The molecule has 71 heavy (non-hydrogen) atoms. The van der Waals surface area contributed by atoms with Gasteiger partial charge in [-0.1, -0.05) is 84.6 Å². The van der Waals surface area contributed by atoms with E-state index < -0.39 is 17.5 Å².